The third-order valence-electron chi connectivity index (χ3n) is 12.0. The van der Waals surface area contributed by atoms with Gasteiger partial charge in [0.1, 0.15) is 11.2 Å². The predicted octanol–water partition coefficient (Wildman–Crippen LogP) is 15.1. The Hall–Kier alpha value is -8.21. The van der Waals surface area contributed by atoms with Crippen molar-refractivity contribution >= 4 is 21.9 Å². The molecule has 4 heteroatoms. The zero-order valence-corrected chi connectivity index (χ0v) is 34.5. The molecule has 2 aromatic heterocycles. The van der Waals surface area contributed by atoms with Crippen molar-refractivity contribution in [3.8, 4) is 67.5 Å². The number of hydrogen-bond donors (Lipinski definition) is 0. The second kappa shape index (κ2) is 16.7. The van der Waals surface area contributed by atoms with E-state index in [1.54, 1.807) is 0 Å². The number of nitrogens with zero attached hydrogens (tertiary/aromatic N) is 3. The van der Waals surface area contributed by atoms with Crippen molar-refractivity contribution in [3.05, 3.63) is 247 Å². The Morgan fingerprint density at radius 1 is 0.302 bits per heavy atom. The van der Waals surface area contributed by atoms with Gasteiger partial charge in [-0.25, -0.2) is 15.0 Å². The highest BCUT2D eigenvalue weighted by atomic mass is 16.3. The summed E-state index contributed by atoms with van der Waals surface area (Å²) in [5, 5.41) is 2.06. The van der Waals surface area contributed by atoms with Crippen LogP contribution < -0.4 is 0 Å². The first-order chi connectivity index (χ1) is 31.2. The van der Waals surface area contributed by atoms with E-state index in [9.17, 15) is 0 Å². The molecule has 0 amide bonds. The molecule has 0 N–H and O–H groups in total. The van der Waals surface area contributed by atoms with Gasteiger partial charge in [-0.2, -0.15) is 0 Å². The first-order valence-electron chi connectivity index (χ1n) is 21.4. The molecule has 0 saturated heterocycles. The van der Waals surface area contributed by atoms with Crippen molar-refractivity contribution in [1.82, 2.24) is 15.0 Å². The van der Waals surface area contributed by atoms with Crippen molar-refractivity contribution in [1.29, 1.82) is 0 Å². The van der Waals surface area contributed by atoms with E-state index in [0.29, 0.717) is 17.5 Å². The molecule has 0 aliphatic heterocycles. The summed E-state index contributed by atoms with van der Waals surface area (Å²) < 4.78 is 6.94. The average Bonchev–Trinajstić information content (AvgIpc) is 3.76. The quantitative estimate of drug-likeness (QED) is 0.138. The maximum atomic E-state index is 6.94. The molecular weight excluding hydrogens is 767 g/mol. The molecule has 11 aromatic rings. The lowest BCUT2D eigenvalue weighted by molar-refractivity contribution is 0.670. The molecule has 298 valence electrons. The van der Waals surface area contributed by atoms with Gasteiger partial charge in [0.25, 0.3) is 0 Å². The number of para-hydroxylation sites is 2. The molecule has 1 atom stereocenters. The van der Waals surface area contributed by atoms with Gasteiger partial charge in [-0.15, -0.1) is 0 Å². The molecule has 2 heterocycles. The molecule has 0 radical (unpaired) electrons. The minimum Gasteiger partial charge on any atom is -0.455 e. The molecule has 11 rings (SSSR count). The molecular formula is C59H41N3O. The second-order valence-electron chi connectivity index (χ2n) is 15.9. The Bertz CT molecular complexity index is 3270. The maximum Gasteiger partial charge on any atom is 0.167 e. The maximum absolute atomic E-state index is 6.94. The van der Waals surface area contributed by atoms with Crippen LogP contribution in [0.25, 0.3) is 89.5 Å². The number of rotatable bonds is 10. The summed E-state index contributed by atoms with van der Waals surface area (Å²) >= 11 is 0. The van der Waals surface area contributed by atoms with E-state index >= 15 is 0 Å². The van der Waals surface area contributed by atoms with E-state index in [-0.39, 0.29) is 5.92 Å². The van der Waals surface area contributed by atoms with Gasteiger partial charge in [0.2, 0.25) is 0 Å². The van der Waals surface area contributed by atoms with Crippen LogP contribution in [-0.2, 0) is 6.42 Å². The molecule has 9 aromatic carbocycles. The topological polar surface area (TPSA) is 51.8 Å². The Kier molecular flexibility index (Phi) is 10.0. The molecule has 0 bridgehead atoms. The summed E-state index contributed by atoms with van der Waals surface area (Å²) in [5.74, 6) is 1.92. The average molecular weight is 808 g/mol. The van der Waals surface area contributed by atoms with Crippen LogP contribution in [0.5, 0.6) is 0 Å². The normalized spacial score (nSPS) is 11.8. The van der Waals surface area contributed by atoms with E-state index < -0.39 is 0 Å². The SMILES string of the molecule is c1ccc(-c2ccc(C(Cc3ccccc3-c3ccccc3)c3ccc(-c4cccc5c4oc4c(-c6nc(-c7ccccc7)nc(-c7ccccc7)n6)cccc45)cc3)cc2)cc1. The van der Waals surface area contributed by atoms with Gasteiger partial charge in [-0.1, -0.05) is 224 Å². The van der Waals surface area contributed by atoms with E-state index in [1.807, 2.05) is 66.7 Å². The highest BCUT2D eigenvalue weighted by molar-refractivity contribution is 6.12. The van der Waals surface area contributed by atoms with E-state index in [0.717, 1.165) is 56.2 Å². The van der Waals surface area contributed by atoms with E-state index in [1.165, 1.54) is 38.9 Å². The van der Waals surface area contributed by atoms with Gasteiger partial charge in [0.05, 0.1) is 5.56 Å². The van der Waals surface area contributed by atoms with Crippen molar-refractivity contribution < 1.29 is 4.42 Å². The standard InChI is InChI=1S/C59H41N3O/c1-5-17-40(18-6-1)41-31-33-44(34-32-41)54(39-48-25-13-14-26-49(48)42-19-7-2-8-20-42)45-37-35-43(36-38-45)50-27-15-28-51-52-29-16-30-53(56(52)63-55(50)51)59-61-57(46-21-9-3-10-22-46)60-58(62-59)47-23-11-4-12-24-47/h1-38,54H,39H2. The van der Waals surface area contributed by atoms with Crippen LogP contribution in [0.15, 0.2) is 235 Å². The fourth-order valence-corrected chi connectivity index (χ4v) is 8.83. The molecule has 0 aliphatic carbocycles. The number of fused-ring (bicyclic) bond motifs is 3. The highest BCUT2D eigenvalue weighted by Gasteiger charge is 2.21. The summed E-state index contributed by atoms with van der Waals surface area (Å²) in [6.45, 7) is 0. The fourth-order valence-electron chi connectivity index (χ4n) is 8.83. The molecule has 4 nitrogen and oxygen atoms in total. The molecule has 63 heavy (non-hydrogen) atoms. The Morgan fingerprint density at radius 2 is 0.698 bits per heavy atom. The van der Waals surface area contributed by atoms with Gasteiger partial charge in [-0.05, 0) is 57.0 Å². The smallest absolute Gasteiger partial charge is 0.167 e. The summed E-state index contributed by atoms with van der Waals surface area (Å²) in [5.41, 5.74) is 15.1. The Balaban J connectivity index is 0.989. The Labute approximate surface area is 366 Å². The third-order valence-corrected chi connectivity index (χ3v) is 12.0. The number of furan rings is 1. The summed E-state index contributed by atoms with van der Waals surface area (Å²) in [7, 11) is 0. The monoisotopic (exact) mass is 807 g/mol. The van der Waals surface area contributed by atoms with Crippen LogP contribution >= 0.6 is 0 Å². The number of aromatic nitrogens is 3. The van der Waals surface area contributed by atoms with Crippen LogP contribution in [0.3, 0.4) is 0 Å². The zero-order valence-electron chi connectivity index (χ0n) is 34.5. The van der Waals surface area contributed by atoms with Gasteiger partial charge in [0, 0.05) is 33.4 Å². The van der Waals surface area contributed by atoms with Crippen LogP contribution in [0.4, 0.5) is 0 Å². The molecule has 1 unspecified atom stereocenters. The first kappa shape index (κ1) is 37.8. The molecule has 0 aliphatic rings. The minimum atomic E-state index is 0.125. The lowest BCUT2D eigenvalue weighted by atomic mass is 9.83. The minimum absolute atomic E-state index is 0.125. The van der Waals surface area contributed by atoms with Crippen LogP contribution in [0.1, 0.15) is 22.6 Å². The lowest BCUT2D eigenvalue weighted by Gasteiger charge is -2.21. The first-order valence-corrected chi connectivity index (χ1v) is 21.4. The van der Waals surface area contributed by atoms with Gasteiger partial charge in [-0.3, -0.25) is 0 Å². The van der Waals surface area contributed by atoms with Crippen molar-refractivity contribution in [3.63, 3.8) is 0 Å². The van der Waals surface area contributed by atoms with Crippen molar-refractivity contribution in [2.24, 2.45) is 0 Å². The zero-order chi connectivity index (χ0) is 42.0. The molecule has 0 fully saturated rings. The number of hydrogen-bond acceptors (Lipinski definition) is 4. The third kappa shape index (κ3) is 7.49. The van der Waals surface area contributed by atoms with Crippen LogP contribution in [0, 0.1) is 0 Å². The van der Waals surface area contributed by atoms with Gasteiger partial charge in [0.15, 0.2) is 17.5 Å². The van der Waals surface area contributed by atoms with Gasteiger partial charge < -0.3 is 4.42 Å². The summed E-state index contributed by atoms with van der Waals surface area (Å²) in [6, 6.07) is 81.1. The lowest BCUT2D eigenvalue weighted by Crippen LogP contribution is -2.06. The largest absolute Gasteiger partial charge is 0.455 e. The van der Waals surface area contributed by atoms with E-state index in [4.69, 9.17) is 19.4 Å². The summed E-state index contributed by atoms with van der Waals surface area (Å²) in [4.78, 5) is 15.0. The van der Waals surface area contributed by atoms with Crippen LogP contribution in [-0.4, -0.2) is 15.0 Å². The molecule has 0 spiro atoms. The van der Waals surface area contributed by atoms with Gasteiger partial charge >= 0.3 is 0 Å². The second-order valence-corrected chi connectivity index (χ2v) is 15.9. The number of benzene rings is 9. The summed E-state index contributed by atoms with van der Waals surface area (Å²) in [6.07, 6.45) is 0.853. The molecule has 0 saturated carbocycles. The fraction of sp³-hybridized carbons (Fsp3) is 0.0339. The van der Waals surface area contributed by atoms with Crippen LogP contribution in [0.2, 0.25) is 0 Å². The van der Waals surface area contributed by atoms with E-state index in [2.05, 4.69) is 164 Å². The Morgan fingerprint density at radius 3 is 1.27 bits per heavy atom. The predicted molar refractivity (Wildman–Crippen MR) is 258 cm³/mol. The van der Waals surface area contributed by atoms with Crippen molar-refractivity contribution in [2.45, 2.75) is 12.3 Å². The van der Waals surface area contributed by atoms with Crippen molar-refractivity contribution in [2.75, 3.05) is 0 Å². The highest BCUT2D eigenvalue weighted by Crippen LogP contribution is 2.41.